The quantitative estimate of drug-likeness (QED) is 0.665. The first-order valence-electron chi connectivity index (χ1n) is 5.92. The lowest BCUT2D eigenvalue weighted by molar-refractivity contribution is 0.159. The highest BCUT2D eigenvalue weighted by Crippen LogP contribution is 2.36. The second kappa shape index (κ2) is 3.48. The van der Waals surface area contributed by atoms with Crippen molar-refractivity contribution in [3.63, 3.8) is 0 Å². The van der Waals surface area contributed by atoms with Crippen LogP contribution in [0.4, 0.5) is 0 Å². The highest BCUT2D eigenvalue weighted by molar-refractivity contribution is 5.90. The zero-order valence-corrected chi connectivity index (χ0v) is 10.6. The maximum Gasteiger partial charge on any atom is 0.336 e. The van der Waals surface area contributed by atoms with Gasteiger partial charge in [0, 0.05) is 11.5 Å². The van der Waals surface area contributed by atoms with Crippen LogP contribution in [-0.2, 0) is 0 Å². The SMILES string of the molecule is Cc1cc(=O)oc2c3c(ccc12)OC(C)(C)C=C3. The Kier molecular flexibility index (Phi) is 2.14. The predicted octanol–water partition coefficient (Wildman–Crippen LogP) is 3.29. The fourth-order valence-corrected chi connectivity index (χ4v) is 2.23. The molecule has 3 rings (SSSR count). The van der Waals surface area contributed by atoms with Crippen molar-refractivity contribution in [3.8, 4) is 5.75 Å². The van der Waals surface area contributed by atoms with Crippen LogP contribution in [0.2, 0.25) is 0 Å². The lowest BCUT2D eigenvalue weighted by Crippen LogP contribution is -2.27. The van der Waals surface area contributed by atoms with Crippen molar-refractivity contribution in [2.24, 2.45) is 0 Å². The van der Waals surface area contributed by atoms with Crippen LogP contribution in [0.5, 0.6) is 5.75 Å². The fraction of sp³-hybridized carbons (Fsp3) is 0.267. The lowest BCUT2D eigenvalue weighted by atomic mass is 9.99. The summed E-state index contributed by atoms with van der Waals surface area (Å²) in [5.41, 5.74) is 1.70. The second-order valence-electron chi connectivity index (χ2n) is 5.14. The summed E-state index contributed by atoms with van der Waals surface area (Å²) in [6, 6.07) is 5.36. The van der Waals surface area contributed by atoms with Gasteiger partial charge >= 0.3 is 5.63 Å². The monoisotopic (exact) mass is 242 g/mol. The number of hydrogen-bond donors (Lipinski definition) is 0. The summed E-state index contributed by atoms with van der Waals surface area (Å²) < 4.78 is 11.2. The normalized spacial score (nSPS) is 16.4. The van der Waals surface area contributed by atoms with Gasteiger partial charge in [-0.2, -0.15) is 0 Å². The Balaban J connectivity index is 2.37. The molecule has 2 heterocycles. The third kappa shape index (κ3) is 1.63. The van der Waals surface area contributed by atoms with Crippen molar-refractivity contribution in [2.75, 3.05) is 0 Å². The molecule has 0 amide bonds. The highest BCUT2D eigenvalue weighted by Gasteiger charge is 2.23. The van der Waals surface area contributed by atoms with E-state index in [-0.39, 0.29) is 11.2 Å². The molecule has 92 valence electrons. The third-order valence-corrected chi connectivity index (χ3v) is 3.14. The largest absolute Gasteiger partial charge is 0.483 e. The van der Waals surface area contributed by atoms with Gasteiger partial charge in [0.15, 0.2) is 0 Å². The van der Waals surface area contributed by atoms with Crippen molar-refractivity contribution in [3.05, 3.63) is 45.8 Å². The summed E-state index contributed by atoms with van der Waals surface area (Å²) in [5, 5.41) is 0.946. The van der Waals surface area contributed by atoms with E-state index in [2.05, 4.69) is 0 Å². The Morgan fingerprint density at radius 2 is 2.00 bits per heavy atom. The molecule has 0 saturated heterocycles. The number of benzene rings is 1. The highest BCUT2D eigenvalue weighted by atomic mass is 16.5. The second-order valence-corrected chi connectivity index (χ2v) is 5.14. The van der Waals surface area contributed by atoms with Gasteiger partial charge in [0.1, 0.15) is 16.9 Å². The van der Waals surface area contributed by atoms with Gasteiger partial charge in [-0.1, -0.05) is 0 Å². The van der Waals surface area contributed by atoms with E-state index in [1.807, 2.05) is 45.1 Å². The zero-order valence-electron chi connectivity index (χ0n) is 10.6. The van der Waals surface area contributed by atoms with Crippen molar-refractivity contribution >= 4 is 17.0 Å². The fourth-order valence-electron chi connectivity index (χ4n) is 2.23. The molecule has 0 aliphatic carbocycles. The Bertz CT molecular complexity index is 720. The molecule has 0 radical (unpaired) electrons. The molecule has 0 atom stereocenters. The molecule has 18 heavy (non-hydrogen) atoms. The number of aryl methyl sites for hydroxylation is 1. The lowest BCUT2D eigenvalue weighted by Gasteiger charge is -2.28. The van der Waals surface area contributed by atoms with E-state index in [0.29, 0.717) is 5.58 Å². The molecule has 1 aliphatic rings. The Morgan fingerprint density at radius 3 is 2.78 bits per heavy atom. The van der Waals surface area contributed by atoms with Crippen LogP contribution < -0.4 is 10.4 Å². The molecule has 0 saturated carbocycles. The summed E-state index contributed by atoms with van der Waals surface area (Å²) in [7, 11) is 0. The predicted molar refractivity (Wildman–Crippen MR) is 71.0 cm³/mol. The molecule has 0 bridgehead atoms. The summed E-state index contributed by atoms with van der Waals surface area (Å²) in [4.78, 5) is 11.5. The van der Waals surface area contributed by atoms with E-state index in [0.717, 1.165) is 22.3 Å². The molecule has 2 aromatic rings. The van der Waals surface area contributed by atoms with Gasteiger partial charge in [-0.15, -0.1) is 0 Å². The van der Waals surface area contributed by atoms with Crippen molar-refractivity contribution in [1.82, 2.24) is 0 Å². The Labute approximate surface area is 105 Å². The first kappa shape index (κ1) is 11.1. The number of hydrogen-bond acceptors (Lipinski definition) is 3. The maximum absolute atomic E-state index is 11.5. The maximum atomic E-state index is 11.5. The molecule has 3 heteroatoms. The smallest absolute Gasteiger partial charge is 0.336 e. The summed E-state index contributed by atoms with van der Waals surface area (Å²) in [6.07, 6.45) is 3.93. The summed E-state index contributed by atoms with van der Waals surface area (Å²) in [6.45, 7) is 5.88. The Hall–Kier alpha value is -2.03. The number of rotatable bonds is 0. The molecule has 3 nitrogen and oxygen atoms in total. The first-order chi connectivity index (χ1) is 8.46. The number of ether oxygens (including phenoxy) is 1. The third-order valence-electron chi connectivity index (χ3n) is 3.14. The molecule has 0 spiro atoms. The minimum Gasteiger partial charge on any atom is -0.483 e. The van der Waals surface area contributed by atoms with Crippen LogP contribution in [0.25, 0.3) is 17.0 Å². The van der Waals surface area contributed by atoms with E-state index in [9.17, 15) is 4.79 Å². The van der Waals surface area contributed by atoms with Gasteiger partial charge in [-0.25, -0.2) is 4.79 Å². The molecule has 1 aromatic carbocycles. The van der Waals surface area contributed by atoms with Gasteiger partial charge in [-0.3, -0.25) is 0 Å². The van der Waals surface area contributed by atoms with Crippen LogP contribution in [0.1, 0.15) is 25.0 Å². The van der Waals surface area contributed by atoms with Gasteiger partial charge in [0.05, 0.1) is 5.56 Å². The molecule has 0 unspecified atom stereocenters. The van der Waals surface area contributed by atoms with Gasteiger partial charge in [-0.05, 0) is 50.6 Å². The molecule has 0 fully saturated rings. The zero-order chi connectivity index (χ0) is 12.9. The van der Waals surface area contributed by atoms with E-state index >= 15 is 0 Å². The minimum atomic E-state index is -0.329. The first-order valence-corrected chi connectivity index (χ1v) is 5.92. The molecule has 1 aliphatic heterocycles. The van der Waals surface area contributed by atoms with Crippen LogP contribution in [0.15, 0.2) is 33.5 Å². The molecular weight excluding hydrogens is 228 g/mol. The Morgan fingerprint density at radius 1 is 1.22 bits per heavy atom. The minimum absolute atomic E-state index is 0.327. The molecule has 1 aromatic heterocycles. The summed E-state index contributed by atoms with van der Waals surface area (Å²) in [5.74, 6) is 0.753. The number of fused-ring (bicyclic) bond motifs is 3. The molecule has 0 N–H and O–H groups in total. The average Bonchev–Trinajstić information content (AvgIpc) is 2.26. The summed E-state index contributed by atoms with van der Waals surface area (Å²) >= 11 is 0. The molecular formula is C15H14O3. The van der Waals surface area contributed by atoms with E-state index in [4.69, 9.17) is 9.15 Å². The van der Waals surface area contributed by atoms with Crippen LogP contribution >= 0.6 is 0 Å². The van der Waals surface area contributed by atoms with E-state index in [1.165, 1.54) is 6.07 Å². The van der Waals surface area contributed by atoms with Crippen LogP contribution in [0, 0.1) is 6.92 Å². The topological polar surface area (TPSA) is 39.4 Å². The van der Waals surface area contributed by atoms with E-state index < -0.39 is 0 Å². The van der Waals surface area contributed by atoms with E-state index in [1.54, 1.807) is 0 Å². The van der Waals surface area contributed by atoms with Gasteiger partial charge in [0.2, 0.25) is 0 Å². The van der Waals surface area contributed by atoms with Gasteiger partial charge < -0.3 is 9.15 Å². The van der Waals surface area contributed by atoms with Crippen molar-refractivity contribution < 1.29 is 9.15 Å². The van der Waals surface area contributed by atoms with Crippen molar-refractivity contribution in [1.29, 1.82) is 0 Å². The van der Waals surface area contributed by atoms with Crippen LogP contribution in [0.3, 0.4) is 0 Å². The van der Waals surface area contributed by atoms with Gasteiger partial charge in [0.25, 0.3) is 0 Å². The van der Waals surface area contributed by atoms with Crippen molar-refractivity contribution in [2.45, 2.75) is 26.4 Å². The van der Waals surface area contributed by atoms with Crippen LogP contribution in [-0.4, -0.2) is 5.60 Å². The standard InChI is InChI=1S/C15H14O3/c1-9-8-13(16)17-14-10(9)4-5-12-11(14)6-7-15(2,3)18-12/h4-8H,1-3H3. The average molecular weight is 242 g/mol.